The van der Waals surface area contributed by atoms with Crippen LogP contribution in [0.4, 0.5) is 0 Å². The molecule has 0 radical (unpaired) electrons. The van der Waals surface area contributed by atoms with Crippen LogP contribution in [0.2, 0.25) is 5.02 Å². The van der Waals surface area contributed by atoms with E-state index >= 15 is 0 Å². The van der Waals surface area contributed by atoms with Gasteiger partial charge in [0.2, 0.25) is 0 Å². The van der Waals surface area contributed by atoms with E-state index in [-0.39, 0.29) is 18.1 Å². The number of aryl methyl sites for hydroxylation is 1. The Balaban J connectivity index is 1.63. The van der Waals surface area contributed by atoms with Crippen molar-refractivity contribution in [2.45, 2.75) is 44.8 Å². The van der Waals surface area contributed by atoms with Crippen molar-refractivity contribution in [3.8, 4) is 5.69 Å². The summed E-state index contributed by atoms with van der Waals surface area (Å²) in [6, 6.07) is 9.59. The van der Waals surface area contributed by atoms with E-state index in [2.05, 4.69) is 10.4 Å². The Morgan fingerprint density at radius 2 is 2.04 bits per heavy atom. The standard InChI is InChI=1S/C19H20ClN3O2S/c1-11-14-10-17(18(25)21-12-6-8-13(24)9-7-12)26-19(14)23(22-11)16-5-3-2-4-15(16)20/h2-5,10,12-13,24H,6-9H2,1H3,(H,21,25). The molecule has 1 saturated carbocycles. The van der Waals surface area contributed by atoms with Gasteiger partial charge >= 0.3 is 0 Å². The van der Waals surface area contributed by atoms with Gasteiger partial charge in [0.1, 0.15) is 4.83 Å². The topological polar surface area (TPSA) is 67.2 Å². The van der Waals surface area contributed by atoms with E-state index in [1.54, 1.807) is 0 Å². The van der Waals surface area contributed by atoms with Gasteiger partial charge in [0.15, 0.2) is 0 Å². The molecule has 136 valence electrons. The first-order valence-electron chi connectivity index (χ1n) is 8.76. The fraction of sp³-hybridized carbons (Fsp3) is 0.368. The summed E-state index contributed by atoms with van der Waals surface area (Å²) in [5, 5.41) is 18.9. The van der Waals surface area contributed by atoms with Crippen LogP contribution in [0.3, 0.4) is 0 Å². The number of aliphatic hydroxyl groups is 1. The maximum atomic E-state index is 12.7. The maximum absolute atomic E-state index is 12.7. The number of aromatic nitrogens is 2. The average molecular weight is 390 g/mol. The molecule has 0 aliphatic heterocycles. The van der Waals surface area contributed by atoms with E-state index in [1.807, 2.05) is 41.9 Å². The summed E-state index contributed by atoms with van der Waals surface area (Å²) in [6.45, 7) is 1.94. The number of para-hydroxylation sites is 1. The lowest BCUT2D eigenvalue weighted by molar-refractivity contribution is 0.0871. The second-order valence-corrected chi connectivity index (χ2v) is 8.19. The largest absolute Gasteiger partial charge is 0.393 e. The van der Waals surface area contributed by atoms with Crippen molar-refractivity contribution >= 4 is 39.1 Å². The number of hydrogen-bond acceptors (Lipinski definition) is 4. The van der Waals surface area contributed by atoms with Gasteiger partial charge in [-0.05, 0) is 50.8 Å². The molecule has 1 aliphatic rings. The third-order valence-corrected chi connectivity index (χ3v) is 6.31. The summed E-state index contributed by atoms with van der Waals surface area (Å²) in [7, 11) is 0. The number of fused-ring (bicyclic) bond motifs is 1. The number of carbonyl (C=O) groups excluding carboxylic acids is 1. The van der Waals surface area contributed by atoms with Gasteiger partial charge in [0.05, 0.1) is 27.4 Å². The number of thiophene rings is 1. The van der Waals surface area contributed by atoms with Crippen molar-refractivity contribution in [3.05, 3.63) is 45.9 Å². The second-order valence-electron chi connectivity index (χ2n) is 6.76. The van der Waals surface area contributed by atoms with Crippen LogP contribution in [0.15, 0.2) is 30.3 Å². The number of amides is 1. The summed E-state index contributed by atoms with van der Waals surface area (Å²) in [5.41, 5.74) is 1.68. The van der Waals surface area contributed by atoms with Crippen LogP contribution in [-0.4, -0.2) is 32.9 Å². The zero-order valence-electron chi connectivity index (χ0n) is 14.4. The number of rotatable bonds is 3. The van der Waals surface area contributed by atoms with Gasteiger partial charge in [-0.1, -0.05) is 23.7 Å². The van der Waals surface area contributed by atoms with Gasteiger partial charge in [-0.15, -0.1) is 11.3 Å². The Morgan fingerprint density at radius 3 is 2.77 bits per heavy atom. The quantitative estimate of drug-likeness (QED) is 0.709. The molecule has 1 amide bonds. The zero-order valence-corrected chi connectivity index (χ0v) is 16.0. The molecule has 4 rings (SSSR count). The molecular weight excluding hydrogens is 370 g/mol. The highest BCUT2D eigenvalue weighted by Crippen LogP contribution is 2.32. The monoisotopic (exact) mass is 389 g/mol. The van der Waals surface area contributed by atoms with Gasteiger partial charge in [-0.2, -0.15) is 5.10 Å². The summed E-state index contributed by atoms with van der Waals surface area (Å²) in [4.78, 5) is 14.3. The van der Waals surface area contributed by atoms with Gasteiger partial charge in [-0.25, -0.2) is 4.68 Å². The number of nitrogens with one attached hydrogen (secondary N) is 1. The molecule has 3 aromatic rings. The molecule has 5 nitrogen and oxygen atoms in total. The molecule has 1 aliphatic carbocycles. The van der Waals surface area contributed by atoms with Crippen molar-refractivity contribution in [2.24, 2.45) is 0 Å². The van der Waals surface area contributed by atoms with Crippen LogP contribution in [0.1, 0.15) is 41.0 Å². The van der Waals surface area contributed by atoms with E-state index < -0.39 is 0 Å². The molecule has 2 N–H and O–H groups in total. The van der Waals surface area contributed by atoms with Crippen LogP contribution in [-0.2, 0) is 0 Å². The first-order chi connectivity index (χ1) is 12.5. The fourth-order valence-corrected chi connectivity index (χ4v) is 4.72. The molecule has 2 aromatic heterocycles. The fourth-order valence-electron chi connectivity index (χ4n) is 3.42. The van der Waals surface area contributed by atoms with Crippen molar-refractivity contribution in [1.82, 2.24) is 15.1 Å². The lowest BCUT2D eigenvalue weighted by atomic mass is 9.93. The summed E-state index contributed by atoms with van der Waals surface area (Å²) < 4.78 is 1.81. The number of benzene rings is 1. The van der Waals surface area contributed by atoms with Crippen LogP contribution in [0, 0.1) is 6.92 Å². The Labute approximate surface area is 160 Å². The third-order valence-electron chi connectivity index (χ3n) is 4.88. The predicted octanol–water partition coefficient (Wildman–Crippen LogP) is 4.08. The number of carbonyl (C=O) groups is 1. The van der Waals surface area contributed by atoms with E-state index in [0.717, 1.165) is 47.3 Å². The van der Waals surface area contributed by atoms with Crippen LogP contribution < -0.4 is 5.32 Å². The molecule has 7 heteroatoms. The van der Waals surface area contributed by atoms with E-state index in [4.69, 9.17) is 11.6 Å². The molecular formula is C19H20ClN3O2S. The van der Waals surface area contributed by atoms with Crippen LogP contribution in [0.5, 0.6) is 0 Å². The molecule has 0 saturated heterocycles. The molecule has 1 aromatic carbocycles. The molecule has 1 fully saturated rings. The summed E-state index contributed by atoms with van der Waals surface area (Å²) in [5.74, 6) is -0.0577. The predicted molar refractivity (Wildman–Crippen MR) is 104 cm³/mol. The zero-order chi connectivity index (χ0) is 18.3. The van der Waals surface area contributed by atoms with E-state index in [1.165, 1.54) is 11.3 Å². The van der Waals surface area contributed by atoms with Crippen LogP contribution in [0.25, 0.3) is 15.9 Å². The minimum Gasteiger partial charge on any atom is -0.393 e. The highest BCUT2D eigenvalue weighted by Gasteiger charge is 2.23. The molecule has 0 bridgehead atoms. The second kappa shape index (κ2) is 7.02. The first kappa shape index (κ1) is 17.5. The lowest BCUT2D eigenvalue weighted by Crippen LogP contribution is -2.38. The van der Waals surface area contributed by atoms with E-state index in [9.17, 15) is 9.90 Å². The summed E-state index contributed by atoms with van der Waals surface area (Å²) in [6.07, 6.45) is 2.92. The molecule has 0 atom stereocenters. The van der Waals surface area contributed by atoms with Crippen molar-refractivity contribution in [3.63, 3.8) is 0 Å². The normalized spacial score (nSPS) is 20.4. The first-order valence-corrected chi connectivity index (χ1v) is 9.95. The lowest BCUT2D eigenvalue weighted by Gasteiger charge is -2.25. The van der Waals surface area contributed by atoms with Gasteiger partial charge < -0.3 is 10.4 Å². The molecule has 2 heterocycles. The minimum absolute atomic E-state index is 0.0577. The minimum atomic E-state index is -0.225. The molecule has 26 heavy (non-hydrogen) atoms. The Hall–Kier alpha value is -1.89. The van der Waals surface area contributed by atoms with Gasteiger partial charge in [0.25, 0.3) is 5.91 Å². The molecule has 0 spiro atoms. The highest BCUT2D eigenvalue weighted by atomic mass is 35.5. The number of aliphatic hydroxyl groups excluding tert-OH is 1. The van der Waals surface area contributed by atoms with Crippen LogP contribution >= 0.6 is 22.9 Å². The van der Waals surface area contributed by atoms with Gasteiger partial charge in [0, 0.05) is 11.4 Å². The Kier molecular flexibility index (Phi) is 4.73. The number of nitrogens with zero attached hydrogens (tertiary/aromatic N) is 2. The number of hydrogen-bond donors (Lipinski definition) is 2. The van der Waals surface area contributed by atoms with Crippen molar-refractivity contribution < 1.29 is 9.90 Å². The summed E-state index contributed by atoms with van der Waals surface area (Å²) >= 11 is 7.75. The van der Waals surface area contributed by atoms with E-state index in [0.29, 0.717) is 9.90 Å². The highest BCUT2D eigenvalue weighted by molar-refractivity contribution is 7.20. The maximum Gasteiger partial charge on any atom is 0.261 e. The average Bonchev–Trinajstić information content (AvgIpc) is 3.19. The molecule has 0 unspecified atom stereocenters. The van der Waals surface area contributed by atoms with Gasteiger partial charge in [-0.3, -0.25) is 4.79 Å². The Bertz CT molecular complexity index is 957. The Morgan fingerprint density at radius 1 is 1.31 bits per heavy atom. The third kappa shape index (κ3) is 3.24. The SMILES string of the molecule is Cc1nn(-c2ccccc2Cl)c2sc(C(=O)NC3CCC(O)CC3)cc12. The van der Waals surface area contributed by atoms with Crippen molar-refractivity contribution in [2.75, 3.05) is 0 Å². The number of halogens is 1. The van der Waals surface area contributed by atoms with Crippen molar-refractivity contribution in [1.29, 1.82) is 0 Å². The smallest absolute Gasteiger partial charge is 0.261 e.